The molecule has 2 nitrogen and oxygen atoms in total. The molecular weight excluding hydrogens is 407 g/mol. The van der Waals surface area contributed by atoms with Gasteiger partial charge in [-0.15, -0.1) is 11.6 Å². The van der Waals surface area contributed by atoms with Gasteiger partial charge in [0.05, 0.1) is 10.9 Å². The molecule has 1 rings (SSSR count). The first kappa shape index (κ1) is 22.4. The third kappa shape index (κ3) is 4.54. The van der Waals surface area contributed by atoms with Crippen molar-refractivity contribution in [1.29, 1.82) is 0 Å². The molecule has 0 fully saturated rings. The van der Waals surface area contributed by atoms with Crippen molar-refractivity contribution in [3.8, 4) is 0 Å². The van der Waals surface area contributed by atoms with E-state index in [0.717, 1.165) is 0 Å². The average Bonchev–Trinajstić information content (AvgIpc) is 2.51. The second-order valence-electron chi connectivity index (χ2n) is 5.12. The molecule has 0 amide bonds. The summed E-state index contributed by atoms with van der Waals surface area (Å²) >= 11 is 5.25. The number of benzene rings is 1. The molecule has 1 aromatic carbocycles. The van der Waals surface area contributed by atoms with Gasteiger partial charge in [-0.3, -0.25) is 0 Å². The van der Waals surface area contributed by atoms with Gasteiger partial charge in [-0.05, 0) is 12.1 Å². The van der Waals surface area contributed by atoms with E-state index in [1.807, 2.05) is 0 Å². The predicted octanol–water partition coefficient (Wildman–Crippen LogP) is 5.31. The Balaban J connectivity index is 2.77. The lowest BCUT2D eigenvalue weighted by Gasteiger charge is -2.34. The third-order valence-corrected chi connectivity index (χ3v) is 3.37. The van der Waals surface area contributed by atoms with E-state index >= 15 is 0 Å². The van der Waals surface area contributed by atoms with Crippen LogP contribution in [0.2, 0.25) is 0 Å². The summed E-state index contributed by atoms with van der Waals surface area (Å²) in [4.78, 5) is 11.5. The van der Waals surface area contributed by atoms with Crippen LogP contribution in [0.5, 0.6) is 0 Å². The summed E-state index contributed by atoms with van der Waals surface area (Å²) in [6.45, 7) is -1.11. The predicted molar refractivity (Wildman–Crippen MR) is 71.9 cm³/mol. The van der Waals surface area contributed by atoms with Crippen molar-refractivity contribution in [2.24, 2.45) is 0 Å². The van der Waals surface area contributed by atoms with Crippen molar-refractivity contribution < 1.29 is 49.0 Å². The molecule has 0 aliphatic carbocycles. The fourth-order valence-corrected chi connectivity index (χ4v) is 1.95. The molecule has 0 saturated heterocycles. The Bertz CT molecular complexity index is 617. The van der Waals surface area contributed by atoms with Crippen LogP contribution in [-0.2, 0) is 4.74 Å². The van der Waals surface area contributed by atoms with E-state index in [2.05, 4.69) is 4.74 Å². The summed E-state index contributed by atoms with van der Waals surface area (Å²) in [7, 11) is 0. The van der Waals surface area contributed by atoms with Gasteiger partial charge < -0.3 is 4.74 Å². The van der Waals surface area contributed by atoms with Crippen LogP contribution in [0.4, 0.5) is 39.5 Å². The third-order valence-electron chi connectivity index (χ3n) is 3.09. The van der Waals surface area contributed by atoms with E-state index < -0.39 is 48.3 Å². The van der Waals surface area contributed by atoms with Gasteiger partial charge in [-0.25, -0.2) is 4.79 Å². The van der Waals surface area contributed by atoms with Crippen molar-refractivity contribution in [3.05, 3.63) is 35.9 Å². The molecule has 0 bridgehead atoms. The Morgan fingerprint density at radius 1 is 0.923 bits per heavy atom. The van der Waals surface area contributed by atoms with Crippen LogP contribution in [0.15, 0.2) is 30.3 Å². The summed E-state index contributed by atoms with van der Waals surface area (Å²) in [5.41, 5.74) is -0.0444. The minimum atomic E-state index is -6.99. The number of rotatable bonds is 7. The molecule has 0 radical (unpaired) electrons. The molecule has 148 valence electrons. The highest BCUT2D eigenvalue weighted by atomic mass is 35.5. The van der Waals surface area contributed by atoms with Gasteiger partial charge in [0.25, 0.3) is 0 Å². The first-order valence-electron chi connectivity index (χ1n) is 6.70. The highest BCUT2D eigenvalue weighted by Gasteiger charge is 2.81. The van der Waals surface area contributed by atoms with Gasteiger partial charge in [0.15, 0.2) is 0 Å². The SMILES string of the molecule is O=C(OCC(Cl)CC(F)(F)C(F)(F)C(F)(F)C(F)(F)F)c1ccccc1. The smallest absolute Gasteiger partial charge is 0.460 e. The monoisotopic (exact) mass is 416 g/mol. The molecule has 0 aromatic heterocycles. The summed E-state index contributed by atoms with van der Waals surface area (Å²) in [5, 5.41) is -2.15. The molecule has 0 aliphatic rings. The van der Waals surface area contributed by atoms with Gasteiger partial charge in [0.2, 0.25) is 0 Å². The largest absolute Gasteiger partial charge is 0.461 e. The van der Waals surface area contributed by atoms with Gasteiger partial charge >= 0.3 is 29.9 Å². The summed E-state index contributed by atoms with van der Waals surface area (Å²) < 4.78 is 119. The van der Waals surface area contributed by atoms with Crippen LogP contribution in [-0.4, -0.2) is 41.9 Å². The number of ether oxygens (including phenoxy) is 1. The van der Waals surface area contributed by atoms with Crippen LogP contribution in [0, 0.1) is 0 Å². The highest BCUT2D eigenvalue weighted by molar-refractivity contribution is 6.20. The number of esters is 1. The van der Waals surface area contributed by atoms with Gasteiger partial charge in [0.1, 0.15) is 6.61 Å². The minimum absolute atomic E-state index is 0.0444. The maximum atomic E-state index is 13.4. The number of alkyl halides is 10. The lowest BCUT2D eigenvalue weighted by atomic mass is 9.99. The van der Waals surface area contributed by atoms with Crippen LogP contribution in [0.25, 0.3) is 0 Å². The van der Waals surface area contributed by atoms with Crippen molar-refractivity contribution in [2.75, 3.05) is 6.61 Å². The first-order chi connectivity index (χ1) is 11.6. The molecule has 0 spiro atoms. The standard InChI is InChI=1S/C14H10ClF9O2/c15-9(7-26-10(25)8-4-2-1-3-5-8)6-11(16,17)12(18,19)13(20,21)14(22,23)24/h1-5,9H,6-7H2. The molecule has 0 heterocycles. The zero-order valence-electron chi connectivity index (χ0n) is 12.5. The van der Waals surface area contributed by atoms with Crippen molar-refractivity contribution >= 4 is 17.6 Å². The summed E-state index contributed by atoms with van der Waals surface area (Å²) in [5.74, 6) is -20.6. The number of halogens is 10. The molecule has 1 unspecified atom stereocenters. The van der Waals surface area contributed by atoms with Crippen molar-refractivity contribution in [3.63, 3.8) is 0 Å². The first-order valence-corrected chi connectivity index (χ1v) is 7.13. The van der Waals surface area contributed by atoms with Crippen LogP contribution in [0.1, 0.15) is 16.8 Å². The molecular formula is C14H10ClF9O2. The Morgan fingerprint density at radius 2 is 1.42 bits per heavy atom. The Morgan fingerprint density at radius 3 is 1.88 bits per heavy atom. The second kappa shape index (κ2) is 7.53. The van der Waals surface area contributed by atoms with Crippen LogP contribution in [0.3, 0.4) is 0 Å². The van der Waals surface area contributed by atoms with E-state index in [-0.39, 0.29) is 5.56 Å². The number of carbonyl (C=O) groups excluding carboxylic acids is 1. The van der Waals surface area contributed by atoms with E-state index in [0.29, 0.717) is 0 Å². The van der Waals surface area contributed by atoms with E-state index in [4.69, 9.17) is 11.6 Å². The molecule has 12 heteroatoms. The van der Waals surface area contributed by atoms with Crippen molar-refractivity contribution in [1.82, 2.24) is 0 Å². The van der Waals surface area contributed by atoms with Gasteiger partial charge in [0, 0.05) is 6.42 Å². The average molecular weight is 417 g/mol. The van der Waals surface area contributed by atoms with Gasteiger partial charge in [-0.1, -0.05) is 18.2 Å². The number of hydrogen-bond acceptors (Lipinski definition) is 2. The minimum Gasteiger partial charge on any atom is -0.461 e. The number of carbonyl (C=O) groups is 1. The zero-order chi connectivity index (χ0) is 20.4. The topological polar surface area (TPSA) is 26.3 Å². The lowest BCUT2D eigenvalue weighted by Crippen LogP contribution is -2.61. The zero-order valence-corrected chi connectivity index (χ0v) is 13.2. The highest BCUT2D eigenvalue weighted by Crippen LogP contribution is 2.54. The normalized spacial score (nSPS) is 14.8. The van der Waals surface area contributed by atoms with Crippen molar-refractivity contribution in [2.45, 2.75) is 35.7 Å². The van der Waals surface area contributed by atoms with E-state index in [9.17, 15) is 44.3 Å². The maximum Gasteiger partial charge on any atom is 0.460 e. The maximum absolute atomic E-state index is 13.4. The fourth-order valence-electron chi connectivity index (χ4n) is 1.70. The van der Waals surface area contributed by atoms with Crippen LogP contribution < -0.4 is 0 Å². The summed E-state index contributed by atoms with van der Waals surface area (Å²) in [6.07, 6.45) is -9.18. The fraction of sp³-hybridized carbons (Fsp3) is 0.500. The lowest BCUT2D eigenvalue weighted by molar-refractivity contribution is -0.396. The Hall–Kier alpha value is -1.65. The molecule has 26 heavy (non-hydrogen) atoms. The molecule has 0 saturated carbocycles. The number of hydrogen-bond donors (Lipinski definition) is 0. The van der Waals surface area contributed by atoms with Gasteiger partial charge in [-0.2, -0.15) is 39.5 Å². The second-order valence-corrected chi connectivity index (χ2v) is 5.73. The van der Waals surface area contributed by atoms with Crippen LogP contribution >= 0.6 is 11.6 Å². The van der Waals surface area contributed by atoms with E-state index in [1.165, 1.54) is 30.3 Å². The Kier molecular flexibility index (Phi) is 6.49. The molecule has 1 atom stereocenters. The molecule has 1 aromatic rings. The molecule has 0 N–H and O–H groups in total. The quantitative estimate of drug-likeness (QED) is 0.342. The summed E-state index contributed by atoms with van der Waals surface area (Å²) in [6, 6.07) is 6.90. The van der Waals surface area contributed by atoms with E-state index in [1.54, 1.807) is 0 Å². The molecule has 0 aliphatic heterocycles. The Labute approximate surface area is 145 Å².